The van der Waals surface area contributed by atoms with E-state index in [0.717, 1.165) is 17.5 Å². The highest BCUT2D eigenvalue weighted by atomic mass is 79.9. The number of hydrogen-bond acceptors (Lipinski definition) is 0. The van der Waals surface area contributed by atoms with Gasteiger partial charge in [-0.25, -0.2) is 4.39 Å². The monoisotopic (exact) mass is 258 g/mol. The fraction of sp³-hybridized carbons (Fsp3) is 0.500. The van der Waals surface area contributed by atoms with Gasteiger partial charge in [0.05, 0.1) is 0 Å². The van der Waals surface area contributed by atoms with Gasteiger partial charge in [-0.2, -0.15) is 0 Å². The first-order valence-electron chi connectivity index (χ1n) is 4.91. The quantitative estimate of drug-likeness (QED) is 0.705. The van der Waals surface area contributed by atoms with Crippen LogP contribution in [0.2, 0.25) is 0 Å². The molecule has 14 heavy (non-hydrogen) atoms. The smallest absolute Gasteiger partial charge is 0.126 e. The first kappa shape index (κ1) is 11.7. The van der Waals surface area contributed by atoms with Crippen molar-refractivity contribution in [3.63, 3.8) is 0 Å². The van der Waals surface area contributed by atoms with Crippen molar-refractivity contribution in [3.8, 4) is 0 Å². The van der Waals surface area contributed by atoms with E-state index in [1.54, 1.807) is 6.07 Å². The number of alkyl halides is 1. The van der Waals surface area contributed by atoms with Crippen LogP contribution in [0.15, 0.2) is 18.2 Å². The summed E-state index contributed by atoms with van der Waals surface area (Å²) < 4.78 is 13.5. The molecule has 0 N–H and O–H groups in total. The van der Waals surface area contributed by atoms with Crippen LogP contribution in [0.25, 0.3) is 0 Å². The van der Waals surface area contributed by atoms with E-state index in [0.29, 0.717) is 4.83 Å². The summed E-state index contributed by atoms with van der Waals surface area (Å²) in [7, 11) is 0. The topological polar surface area (TPSA) is 0 Å². The van der Waals surface area contributed by atoms with Crippen LogP contribution in [-0.4, -0.2) is 4.83 Å². The third-order valence-electron chi connectivity index (χ3n) is 2.36. The van der Waals surface area contributed by atoms with E-state index in [9.17, 15) is 4.39 Å². The van der Waals surface area contributed by atoms with Gasteiger partial charge < -0.3 is 0 Å². The molecule has 0 spiro atoms. The minimum Gasteiger partial charge on any atom is -0.207 e. The third-order valence-corrected chi connectivity index (χ3v) is 2.73. The molecule has 0 heterocycles. The second-order valence-corrected chi connectivity index (χ2v) is 5.51. The van der Waals surface area contributed by atoms with Crippen LogP contribution in [0.3, 0.4) is 0 Å². The second kappa shape index (κ2) is 4.92. The van der Waals surface area contributed by atoms with Crippen molar-refractivity contribution in [1.82, 2.24) is 0 Å². The molecule has 2 heteroatoms. The highest BCUT2D eigenvalue weighted by molar-refractivity contribution is 9.09. The Labute approximate surface area is 93.7 Å². The predicted molar refractivity (Wildman–Crippen MR) is 62.6 cm³/mol. The number of aryl methyl sites for hydroxylation is 1. The summed E-state index contributed by atoms with van der Waals surface area (Å²) in [4.78, 5) is 0.428. The zero-order valence-electron chi connectivity index (χ0n) is 8.85. The van der Waals surface area contributed by atoms with Gasteiger partial charge >= 0.3 is 0 Å². The summed E-state index contributed by atoms with van der Waals surface area (Å²) in [5, 5.41) is 0. The summed E-state index contributed by atoms with van der Waals surface area (Å²) in [5.74, 6) is 0.181. The first-order valence-corrected chi connectivity index (χ1v) is 5.82. The molecule has 0 aliphatic rings. The maximum Gasteiger partial charge on any atom is 0.126 e. The zero-order valence-corrected chi connectivity index (χ0v) is 10.4. The zero-order chi connectivity index (χ0) is 10.7. The van der Waals surface area contributed by atoms with E-state index in [1.807, 2.05) is 19.1 Å². The molecule has 0 fully saturated rings. The summed E-state index contributed by atoms with van der Waals surface area (Å²) in [6, 6.07) is 5.30. The molecule has 0 aromatic heterocycles. The SMILES string of the molecule is Cc1ccc(F)c(C(C)CC(C)Br)c1. The molecule has 2 atom stereocenters. The van der Waals surface area contributed by atoms with E-state index in [-0.39, 0.29) is 11.7 Å². The van der Waals surface area contributed by atoms with Crippen molar-refractivity contribution in [2.24, 2.45) is 0 Å². The average Bonchev–Trinajstić information content (AvgIpc) is 2.08. The Morgan fingerprint density at radius 1 is 1.36 bits per heavy atom. The summed E-state index contributed by atoms with van der Waals surface area (Å²) in [5.41, 5.74) is 1.95. The molecule has 0 aliphatic carbocycles. The molecular formula is C12H16BrF. The average molecular weight is 259 g/mol. The van der Waals surface area contributed by atoms with Gasteiger partial charge in [0.15, 0.2) is 0 Å². The van der Waals surface area contributed by atoms with Gasteiger partial charge in [0.1, 0.15) is 5.82 Å². The highest BCUT2D eigenvalue weighted by Crippen LogP contribution is 2.26. The Kier molecular flexibility index (Phi) is 4.11. The van der Waals surface area contributed by atoms with Crippen molar-refractivity contribution in [2.75, 3.05) is 0 Å². The van der Waals surface area contributed by atoms with Crippen LogP contribution in [0, 0.1) is 12.7 Å². The summed E-state index contributed by atoms with van der Waals surface area (Å²) in [6.45, 7) is 6.15. The van der Waals surface area contributed by atoms with Gasteiger partial charge in [0.25, 0.3) is 0 Å². The van der Waals surface area contributed by atoms with E-state index in [1.165, 1.54) is 0 Å². The number of hydrogen-bond donors (Lipinski definition) is 0. The fourth-order valence-corrected chi connectivity index (χ4v) is 2.22. The summed E-state index contributed by atoms with van der Waals surface area (Å²) in [6.07, 6.45) is 0.959. The standard InChI is InChI=1S/C12H16BrF/c1-8-4-5-12(14)11(6-8)9(2)7-10(3)13/h4-6,9-10H,7H2,1-3H3. The molecule has 0 aliphatic heterocycles. The van der Waals surface area contributed by atoms with Gasteiger partial charge in [0.2, 0.25) is 0 Å². The number of rotatable bonds is 3. The van der Waals surface area contributed by atoms with Gasteiger partial charge in [0, 0.05) is 4.83 Å². The van der Waals surface area contributed by atoms with E-state index in [2.05, 4.69) is 29.8 Å². The highest BCUT2D eigenvalue weighted by Gasteiger charge is 2.12. The van der Waals surface area contributed by atoms with E-state index in [4.69, 9.17) is 0 Å². The molecule has 78 valence electrons. The summed E-state index contributed by atoms with van der Waals surface area (Å²) >= 11 is 3.49. The lowest BCUT2D eigenvalue weighted by Gasteiger charge is -2.14. The minimum absolute atomic E-state index is 0.0868. The molecule has 0 amide bonds. The lowest BCUT2D eigenvalue weighted by molar-refractivity contribution is 0.574. The lowest BCUT2D eigenvalue weighted by Crippen LogP contribution is -2.03. The molecule has 1 aromatic rings. The second-order valence-electron chi connectivity index (χ2n) is 3.94. The Morgan fingerprint density at radius 3 is 2.57 bits per heavy atom. The van der Waals surface area contributed by atoms with E-state index < -0.39 is 0 Å². The molecule has 2 unspecified atom stereocenters. The predicted octanol–water partition coefficient (Wildman–Crippen LogP) is 4.41. The number of halogens is 2. The van der Waals surface area contributed by atoms with Crippen molar-refractivity contribution in [1.29, 1.82) is 0 Å². The lowest BCUT2D eigenvalue weighted by atomic mass is 9.95. The largest absolute Gasteiger partial charge is 0.207 e. The van der Waals surface area contributed by atoms with Crippen LogP contribution in [0.1, 0.15) is 37.3 Å². The molecule has 1 aromatic carbocycles. The third kappa shape index (κ3) is 3.09. The van der Waals surface area contributed by atoms with Crippen molar-refractivity contribution in [3.05, 3.63) is 35.1 Å². The van der Waals surface area contributed by atoms with Crippen molar-refractivity contribution in [2.45, 2.75) is 37.9 Å². The maximum absolute atomic E-state index is 13.5. The molecule has 0 saturated carbocycles. The maximum atomic E-state index is 13.5. The van der Waals surface area contributed by atoms with Crippen LogP contribution >= 0.6 is 15.9 Å². The molecule has 0 radical (unpaired) electrons. The van der Waals surface area contributed by atoms with Crippen LogP contribution in [0.4, 0.5) is 4.39 Å². The fourth-order valence-electron chi connectivity index (χ4n) is 1.65. The van der Waals surface area contributed by atoms with Gasteiger partial charge in [-0.3, -0.25) is 0 Å². The Balaban J connectivity index is 2.88. The van der Waals surface area contributed by atoms with Gasteiger partial charge in [-0.05, 0) is 30.9 Å². The van der Waals surface area contributed by atoms with Crippen LogP contribution in [-0.2, 0) is 0 Å². The molecule has 0 nitrogen and oxygen atoms in total. The van der Waals surface area contributed by atoms with Crippen LogP contribution < -0.4 is 0 Å². The normalized spacial score (nSPS) is 15.2. The van der Waals surface area contributed by atoms with Crippen LogP contribution in [0.5, 0.6) is 0 Å². The van der Waals surface area contributed by atoms with Crippen molar-refractivity contribution < 1.29 is 4.39 Å². The minimum atomic E-state index is -0.0868. The Hall–Kier alpha value is -0.370. The number of benzene rings is 1. The first-order chi connectivity index (χ1) is 6.50. The van der Waals surface area contributed by atoms with Gasteiger partial charge in [-0.15, -0.1) is 0 Å². The molecular weight excluding hydrogens is 243 g/mol. The molecule has 0 bridgehead atoms. The Morgan fingerprint density at radius 2 is 2.00 bits per heavy atom. The molecule has 1 rings (SSSR count). The van der Waals surface area contributed by atoms with E-state index >= 15 is 0 Å². The molecule has 0 saturated heterocycles. The van der Waals surface area contributed by atoms with Gasteiger partial charge in [-0.1, -0.05) is 47.5 Å². The van der Waals surface area contributed by atoms with Crippen molar-refractivity contribution >= 4 is 15.9 Å². The Bertz CT molecular complexity index is 307.